The summed E-state index contributed by atoms with van der Waals surface area (Å²) in [7, 11) is 0. The summed E-state index contributed by atoms with van der Waals surface area (Å²) >= 11 is 0. The van der Waals surface area contributed by atoms with Crippen LogP contribution < -0.4 is 0 Å². The molecule has 0 spiro atoms. The molecule has 1 aliphatic carbocycles. The quantitative estimate of drug-likeness (QED) is 0.694. The van der Waals surface area contributed by atoms with Crippen LogP contribution in [0.4, 0.5) is 0 Å². The smallest absolute Gasteiger partial charge is 0.116 e. The largest absolute Gasteiger partial charge is 0.241 e. The number of aryl methyl sites for hydroxylation is 1. The highest BCUT2D eigenvalue weighted by Crippen LogP contribution is 2.27. The second-order valence-electron chi connectivity index (χ2n) is 4.57. The van der Waals surface area contributed by atoms with Crippen LogP contribution in [0.25, 0.3) is 11.3 Å². The highest BCUT2D eigenvalue weighted by molar-refractivity contribution is 5.63. The van der Waals surface area contributed by atoms with Gasteiger partial charge >= 0.3 is 0 Å². The molecule has 0 unspecified atom stereocenters. The average molecular weight is 224 g/mol. The van der Waals surface area contributed by atoms with Gasteiger partial charge in [0.25, 0.3) is 0 Å². The van der Waals surface area contributed by atoms with Crippen molar-refractivity contribution in [3.8, 4) is 11.3 Å². The number of aromatic nitrogens is 2. The van der Waals surface area contributed by atoms with E-state index in [4.69, 9.17) is 0 Å². The van der Waals surface area contributed by atoms with E-state index < -0.39 is 0 Å². The Morgan fingerprint density at radius 2 is 1.65 bits per heavy atom. The molecule has 0 N–H and O–H groups in total. The lowest BCUT2D eigenvalue weighted by Gasteiger charge is -2.10. The molecule has 1 heterocycles. The minimum atomic E-state index is 1.11. The van der Waals surface area contributed by atoms with E-state index in [1.807, 2.05) is 6.07 Å². The van der Waals surface area contributed by atoms with Crippen molar-refractivity contribution in [1.82, 2.24) is 9.97 Å². The van der Waals surface area contributed by atoms with Gasteiger partial charge in [0.2, 0.25) is 0 Å². The molecule has 0 saturated heterocycles. The van der Waals surface area contributed by atoms with Crippen LogP contribution in [-0.4, -0.2) is 9.97 Å². The molecule has 2 aromatic rings. The fraction of sp³-hybridized carbons (Fsp3) is 0.333. The number of fused-ring (bicyclic) bond motifs is 1. The van der Waals surface area contributed by atoms with Gasteiger partial charge in [-0.05, 0) is 31.2 Å². The normalized spacial score (nSPS) is 15.1. The molecule has 1 aliphatic rings. The average Bonchev–Trinajstić information content (AvgIpc) is 2.64. The van der Waals surface area contributed by atoms with Gasteiger partial charge in [-0.2, -0.15) is 0 Å². The Morgan fingerprint density at radius 3 is 2.53 bits per heavy atom. The van der Waals surface area contributed by atoms with Gasteiger partial charge in [-0.1, -0.05) is 36.8 Å². The molecule has 0 bridgehead atoms. The third-order valence-electron chi connectivity index (χ3n) is 3.42. The molecule has 86 valence electrons. The van der Waals surface area contributed by atoms with Crippen molar-refractivity contribution in [3.05, 3.63) is 47.9 Å². The first-order chi connectivity index (χ1) is 8.45. The molecule has 1 aromatic carbocycles. The lowest BCUT2D eigenvalue weighted by Crippen LogP contribution is -2.00. The molecule has 0 aliphatic heterocycles. The second kappa shape index (κ2) is 4.66. The van der Waals surface area contributed by atoms with E-state index in [1.165, 1.54) is 36.1 Å². The van der Waals surface area contributed by atoms with Crippen LogP contribution in [-0.2, 0) is 12.8 Å². The van der Waals surface area contributed by atoms with Crippen molar-refractivity contribution >= 4 is 0 Å². The molecule has 0 radical (unpaired) electrons. The number of hydrogen-bond donors (Lipinski definition) is 0. The second-order valence-corrected chi connectivity index (χ2v) is 4.57. The van der Waals surface area contributed by atoms with Gasteiger partial charge in [0, 0.05) is 11.3 Å². The van der Waals surface area contributed by atoms with Gasteiger partial charge in [-0.15, -0.1) is 0 Å². The lowest BCUT2D eigenvalue weighted by molar-refractivity contribution is 0.709. The Bertz CT molecular complexity index is 506. The van der Waals surface area contributed by atoms with E-state index in [0.29, 0.717) is 0 Å². The first-order valence-corrected chi connectivity index (χ1v) is 6.33. The predicted octanol–water partition coefficient (Wildman–Crippen LogP) is 3.41. The van der Waals surface area contributed by atoms with Gasteiger partial charge < -0.3 is 0 Å². The summed E-state index contributed by atoms with van der Waals surface area (Å²) in [5.41, 5.74) is 4.98. The lowest BCUT2D eigenvalue weighted by atomic mass is 10.0. The fourth-order valence-electron chi connectivity index (χ4n) is 2.54. The number of nitrogens with zero attached hydrogens (tertiary/aromatic N) is 2. The summed E-state index contributed by atoms with van der Waals surface area (Å²) in [5, 5.41) is 0. The molecule has 1 aromatic heterocycles. The van der Waals surface area contributed by atoms with Crippen molar-refractivity contribution in [2.24, 2.45) is 0 Å². The fourth-order valence-corrected chi connectivity index (χ4v) is 2.54. The molecule has 3 rings (SSSR count). The zero-order valence-electron chi connectivity index (χ0n) is 9.89. The van der Waals surface area contributed by atoms with E-state index in [0.717, 1.165) is 18.5 Å². The highest BCUT2D eigenvalue weighted by atomic mass is 14.8. The predicted molar refractivity (Wildman–Crippen MR) is 68.7 cm³/mol. The van der Waals surface area contributed by atoms with Crippen molar-refractivity contribution in [2.45, 2.75) is 32.1 Å². The molecule has 0 atom stereocenters. The van der Waals surface area contributed by atoms with Crippen molar-refractivity contribution in [3.63, 3.8) is 0 Å². The van der Waals surface area contributed by atoms with Crippen LogP contribution in [0, 0.1) is 0 Å². The molecule has 2 nitrogen and oxygen atoms in total. The van der Waals surface area contributed by atoms with E-state index in [-0.39, 0.29) is 0 Å². The first kappa shape index (κ1) is 10.5. The van der Waals surface area contributed by atoms with Crippen molar-refractivity contribution < 1.29 is 0 Å². The monoisotopic (exact) mass is 224 g/mol. The molecule has 0 amide bonds. The highest BCUT2D eigenvalue weighted by Gasteiger charge is 2.14. The van der Waals surface area contributed by atoms with Gasteiger partial charge in [0.05, 0.1) is 5.69 Å². The third kappa shape index (κ3) is 2.07. The van der Waals surface area contributed by atoms with Gasteiger partial charge in [-0.3, -0.25) is 0 Å². The Labute approximate surface area is 102 Å². The SMILES string of the molecule is c1ccc(-c2ncnc3c2CCCCC3)cc1. The van der Waals surface area contributed by atoms with Crippen molar-refractivity contribution in [1.29, 1.82) is 0 Å². The van der Waals surface area contributed by atoms with E-state index in [9.17, 15) is 0 Å². The van der Waals surface area contributed by atoms with Crippen molar-refractivity contribution in [2.75, 3.05) is 0 Å². The van der Waals surface area contributed by atoms with E-state index in [1.54, 1.807) is 6.33 Å². The third-order valence-corrected chi connectivity index (χ3v) is 3.42. The van der Waals surface area contributed by atoms with Crippen LogP contribution in [0.2, 0.25) is 0 Å². The molecule has 0 saturated carbocycles. The zero-order valence-corrected chi connectivity index (χ0v) is 9.89. The maximum atomic E-state index is 4.49. The van der Waals surface area contributed by atoms with Gasteiger partial charge in [0.1, 0.15) is 6.33 Å². The number of hydrogen-bond acceptors (Lipinski definition) is 2. The summed E-state index contributed by atoms with van der Waals surface area (Å²) in [5.74, 6) is 0. The Hall–Kier alpha value is -1.70. The standard InChI is InChI=1S/C15H16N2/c1-3-7-12(8-4-1)15-13-9-5-2-6-10-14(13)16-11-17-15/h1,3-4,7-8,11H,2,5-6,9-10H2. The Balaban J connectivity index is 2.11. The minimum absolute atomic E-state index is 1.11. The van der Waals surface area contributed by atoms with Crippen LogP contribution >= 0.6 is 0 Å². The number of benzene rings is 1. The molecule has 17 heavy (non-hydrogen) atoms. The van der Waals surface area contributed by atoms with Gasteiger partial charge in [0.15, 0.2) is 0 Å². The summed E-state index contributed by atoms with van der Waals surface area (Å²) in [6, 6.07) is 10.4. The summed E-state index contributed by atoms with van der Waals surface area (Å²) in [6.07, 6.45) is 7.79. The molecule has 0 fully saturated rings. The van der Waals surface area contributed by atoms with E-state index >= 15 is 0 Å². The van der Waals surface area contributed by atoms with Crippen LogP contribution in [0.1, 0.15) is 30.5 Å². The first-order valence-electron chi connectivity index (χ1n) is 6.33. The minimum Gasteiger partial charge on any atom is -0.241 e. The summed E-state index contributed by atoms with van der Waals surface area (Å²) < 4.78 is 0. The summed E-state index contributed by atoms with van der Waals surface area (Å²) in [4.78, 5) is 8.95. The zero-order chi connectivity index (χ0) is 11.5. The molecule has 2 heteroatoms. The molecular weight excluding hydrogens is 208 g/mol. The number of rotatable bonds is 1. The van der Waals surface area contributed by atoms with Crippen LogP contribution in [0.3, 0.4) is 0 Å². The Kier molecular flexibility index (Phi) is 2.87. The van der Waals surface area contributed by atoms with E-state index in [2.05, 4.69) is 34.2 Å². The van der Waals surface area contributed by atoms with Gasteiger partial charge in [-0.25, -0.2) is 9.97 Å². The Morgan fingerprint density at radius 1 is 0.824 bits per heavy atom. The topological polar surface area (TPSA) is 25.8 Å². The molecular formula is C15H16N2. The van der Waals surface area contributed by atoms with Crippen LogP contribution in [0.5, 0.6) is 0 Å². The summed E-state index contributed by atoms with van der Waals surface area (Å²) in [6.45, 7) is 0. The maximum Gasteiger partial charge on any atom is 0.116 e. The maximum absolute atomic E-state index is 4.49. The van der Waals surface area contributed by atoms with Crippen LogP contribution in [0.15, 0.2) is 36.7 Å².